The third-order valence-electron chi connectivity index (χ3n) is 3.55. The van der Waals surface area contributed by atoms with Crippen molar-refractivity contribution in [3.8, 4) is 5.75 Å². The molecule has 0 saturated heterocycles. The molecule has 2 rings (SSSR count). The number of methoxy groups -OCH3 is 1. The molecule has 0 radical (unpaired) electrons. The summed E-state index contributed by atoms with van der Waals surface area (Å²) in [4.78, 5) is 10.7. The quantitative estimate of drug-likeness (QED) is 0.657. The number of hydrogen-bond donors (Lipinski definition) is 1. The van der Waals surface area contributed by atoms with Crippen molar-refractivity contribution in [2.75, 3.05) is 12.4 Å². The van der Waals surface area contributed by atoms with Crippen molar-refractivity contribution in [3.05, 3.63) is 28.3 Å². The van der Waals surface area contributed by atoms with Crippen LogP contribution in [0.1, 0.15) is 32.6 Å². The molecule has 0 heterocycles. The maximum absolute atomic E-state index is 11.1. The third-order valence-corrected chi connectivity index (χ3v) is 3.55. The van der Waals surface area contributed by atoms with E-state index in [1.165, 1.54) is 26.0 Å². The molecule has 1 aromatic rings. The highest BCUT2D eigenvalue weighted by molar-refractivity contribution is 5.65. The average molecular weight is 250 g/mol. The van der Waals surface area contributed by atoms with E-state index < -0.39 is 0 Å². The first-order valence-electron chi connectivity index (χ1n) is 6.15. The summed E-state index contributed by atoms with van der Waals surface area (Å²) in [5.74, 6) is 0.504. The van der Waals surface area contributed by atoms with Crippen molar-refractivity contribution in [2.24, 2.45) is 0 Å². The first-order valence-corrected chi connectivity index (χ1v) is 6.15. The molecule has 0 bridgehead atoms. The SMILES string of the molecule is COc1ccc(NC2(C)CCCC2)c([N+](=O)[O-])c1. The van der Waals surface area contributed by atoms with Crippen LogP contribution in [0.15, 0.2) is 18.2 Å². The standard InChI is InChI=1S/C13H18N2O3/c1-13(7-3-4-8-13)14-11-6-5-10(18-2)9-12(11)15(16)17/h5-6,9,14H,3-4,7-8H2,1-2H3. The van der Waals surface area contributed by atoms with E-state index in [-0.39, 0.29) is 16.1 Å². The second kappa shape index (κ2) is 4.84. The number of nitrogens with one attached hydrogen (secondary N) is 1. The summed E-state index contributed by atoms with van der Waals surface area (Å²) in [7, 11) is 1.50. The second-order valence-electron chi connectivity index (χ2n) is 5.03. The van der Waals surface area contributed by atoms with E-state index in [1.54, 1.807) is 12.1 Å². The van der Waals surface area contributed by atoms with Gasteiger partial charge in [0, 0.05) is 5.54 Å². The van der Waals surface area contributed by atoms with Crippen molar-refractivity contribution in [1.29, 1.82) is 0 Å². The molecule has 1 fully saturated rings. The van der Waals surface area contributed by atoms with E-state index in [2.05, 4.69) is 12.2 Å². The fraction of sp³-hybridized carbons (Fsp3) is 0.538. The molecule has 1 N–H and O–H groups in total. The van der Waals surface area contributed by atoms with E-state index in [4.69, 9.17) is 4.74 Å². The topological polar surface area (TPSA) is 64.4 Å². The number of nitrogens with zero attached hydrogens (tertiary/aromatic N) is 1. The zero-order valence-electron chi connectivity index (χ0n) is 10.7. The monoisotopic (exact) mass is 250 g/mol. The Balaban J connectivity index is 2.29. The minimum Gasteiger partial charge on any atom is -0.496 e. The minimum atomic E-state index is -0.372. The summed E-state index contributed by atoms with van der Waals surface area (Å²) in [6, 6.07) is 4.93. The highest BCUT2D eigenvalue weighted by Gasteiger charge is 2.30. The number of ether oxygens (including phenoxy) is 1. The van der Waals surface area contributed by atoms with Gasteiger partial charge in [0.15, 0.2) is 0 Å². The van der Waals surface area contributed by atoms with Crippen LogP contribution in [0.3, 0.4) is 0 Å². The van der Waals surface area contributed by atoms with Crippen LogP contribution in [0.2, 0.25) is 0 Å². The van der Waals surface area contributed by atoms with Crippen LogP contribution in [0.5, 0.6) is 5.75 Å². The summed E-state index contributed by atoms with van der Waals surface area (Å²) in [6.07, 6.45) is 4.45. The van der Waals surface area contributed by atoms with Gasteiger partial charge in [-0.05, 0) is 31.9 Å². The average Bonchev–Trinajstić information content (AvgIpc) is 2.76. The normalized spacial score (nSPS) is 17.4. The first-order chi connectivity index (χ1) is 8.54. The Morgan fingerprint density at radius 1 is 1.39 bits per heavy atom. The molecule has 5 nitrogen and oxygen atoms in total. The molecule has 5 heteroatoms. The van der Waals surface area contributed by atoms with Crippen LogP contribution in [-0.4, -0.2) is 17.6 Å². The Labute approximate surface area is 106 Å². The molecule has 0 unspecified atom stereocenters. The molecule has 1 aliphatic carbocycles. The van der Waals surface area contributed by atoms with Gasteiger partial charge >= 0.3 is 0 Å². The van der Waals surface area contributed by atoms with Crippen molar-refractivity contribution < 1.29 is 9.66 Å². The van der Waals surface area contributed by atoms with Crippen LogP contribution in [0.25, 0.3) is 0 Å². The molecular formula is C13H18N2O3. The fourth-order valence-corrected chi connectivity index (χ4v) is 2.50. The molecule has 0 aromatic heterocycles. The van der Waals surface area contributed by atoms with E-state index in [1.807, 2.05) is 0 Å². The summed E-state index contributed by atoms with van der Waals surface area (Å²) in [5.41, 5.74) is 0.618. The lowest BCUT2D eigenvalue weighted by atomic mass is 10.00. The van der Waals surface area contributed by atoms with Crippen molar-refractivity contribution in [2.45, 2.75) is 38.1 Å². The van der Waals surface area contributed by atoms with Crippen molar-refractivity contribution in [1.82, 2.24) is 0 Å². The second-order valence-corrected chi connectivity index (χ2v) is 5.03. The smallest absolute Gasteiger partial charge is 0.296 e. The number of rotatable bonds is 4. The Hall–Kier alpha value is -1.78. The van der Waals surface area contributed by atoms with Gasteiger partial charge in [-0.25, -0.2) is 0 Å². The highest BCUT2D eigenvalue weighted by atomic mass is 16.6. The van der Waals surface area contributed by atoms with Gasteiger partial charge in [0.05, 0.1) is 18.1 Å². The van der Waals surface area contributed by atoms with Gasteiger partial charge in [0.2, 0.25) is 0 Å². The molecule has 98 valence electrons. The molecule has 1 aliphatic rings. The molecule has 0 amide bonds. The Morgan fingerprint density at radius 2 is 2.06 bits per heavy atom. The number of nitro groups is 1. The summed E-state index contributed by atoms with van der Waals surface area (Å²) < 4.78 is 5.02. The molecular weight excluding hydrogens is 232 g/mol. The molecule has 0 spiro atoms. The Bertz CT molecular complexity index is 454. The largest absolute Gasteiger partial charge is 0.496 e. The number of nitro benzene ring substituents is 1. The lowest BCUT2D eigenvalue weighted by molar-refractivity contribution is -0.384. The van der Waals surface area contributed by atoms with Gasteiger partial charge in [-0.2, -0.15) is 0 Å². The van der Waals surface area contributed by atoms with Gasteiger partial charge in [-0.3, -0.25) is 10.1 Å². The van der Waals surface area contributed by atoms with Gasteiger partial charge in [-0.15, -0.1) is 0 Å². The number of benzene rings is 1. The third kappa shape index (κ3) is 2.55. The fourth-order valence-electron chi connectivity index (χ4n) is 2.50. The van der Waals surface area contributed by atoms with E-state index in [0.29, 0.717) is 11.4 Å². The molecule has 1 saturated carbocycles. The summed E-state index contributed by atoms with van der Waals surface area (Å²) in [6.45, 7) is 2.12. The molecule has 1 aromatic carbocycles. The van der Waals surface area contributed by atoms with Crippen molar-refractivity contribution in [3.63, 3.8) is 0 Å². The molecule has 0 atom stereocenters. The van der Waals surface area contributed by atoms with Crippen LogP contribution in [0.4, 0.5) is 11.4 Å². The summed E-state index contributed by atoms with van der Waals surface area (Å²) >= 11 is 0. The Morgan fingerprint density at radius 3 is 2.61 bits per heavy atom. The lowest BCUT2D eigenvalue weighted by Crippen LogP contribution is -2.31. The Kier molecular flexibility index (Phi) is 3.41. The molecule has 0 aliphatic heterocycles. The van der Waals surface area contributed by atoms with Crippen LogP contribution in [-0.2, 0) is 0 Å². The lowest BCUT2D eigenvalue weighted by Gasteiger charge is -2.26. The predicted molar refractivity (Wildman–Crippen MR) is 70.1 cm³/mol. The number of hydrogen-bond acceptors (Lipinski definition) is 4. The maximum atomic E-state index is 11.1. The van der Waals surface area contributed by atoms with Gasteiger partial charge < -0.3 is 10.1 Å². The number of anilines is 1. The zero-order valence-corrected chi connectivity index (χ0v) is 10.7. The van der Waals surface area contributed by atoms with Gasteiger partial charge in [0.25, 0.3) is 5.69 Å². The summed E-state index contributed by atoms with van der Waals surface area (Å²) in [5, 5.41) is 14.4. The minimum absolute atomic E-state index is 0.0284. The van der Waals surface area contributed by atoms with Gasteiger partial charge in [0.1, 0.15) is 11.4 Å². The van der Waals surface area contributed by atoms with Gasteiger partial charge in [-0.1, -0.05) is 12.8 Å². The first kappa shape index (κ1) is 12.7. The van der Waals surface area contributed by atoms with Crippen molar-refractivity contribution >= 4 is 11.4 Å². The predicted octanol–water partition coefficient (Wildman–Crippen LogP) is 3.35. The zero-order chi connectivity index (χ0) is 13.2. The van der Waals surface area contributed by atoms with Crippen LogP contribution < -0.4 is 10.1 Å². The maximum Gasteiger partial charge on any atom is 0.296 e. The molecule has 18 heavy (non-hydrogen) atoms. The van der Waals surface area contributed by atoms with Crippen LogP contribution in [0, 0.1) is 10.1 Å². The van der Waals surface area contributed by atoms with E-state index >= 15 is 0 Å². The van der Waals surface area contributed by atoms with E-state index in [9.17, 15) is 10.1 Å². The van der Waals surface area contributed by atoms with Crippen LogP contribution >= 0.6 is 0 Å². The highest BCUT2D eigenvalue weighted by Crippen LogP contribution is 2.36. The van der Waals surface area contributed by atoms with E-state index in [0.717, 1.165) is 12.8 Å².